The Kier molecular flexibility index (Phi) is 6.99. The van der Waals surface area contributed by atoms with Gasteiger partial charge in [-0.05, 0) is 69.7 Å². The molecule has 5 rings (SSSR count). The van der Waals surface area contributed by atoms with E-state index in [0.29, 0.717) is 17.3 Å². The molecular weight excluding hydrogens is 471 g/mol. The summed E-state index contributed by atoms with van der Waals surface area (Å²) in [5.41, 5.74) is 0.297. The number of carboxylic acid groups (broad SMARTS) is 1. The van der Waals surface area contributed by atoms with Gasteiger partial charge in [-0.3, -0.25) is 9.69 Å². The van der Waals surface area contributed by atoms with E-state index in [1.165, 1.54) is 29.0 Å². The van der Waals surface area contributed by atoms with Crippen LogP contribution < -0.4 is 5.32 Å². The van der Waals surface area contributed by atoms with Gasteiger partial charge in [-0.2, -0.15) is 13.2 Å². The molecule has 1 aliphatic carbocycles. The van der Waals surface area contributed by atoms with Crippen LogP contribution in [-0.4, -0.2) is 62.0 Å². The summed E-state index contributed by atoms with van der Waals surface area (Å²) >= 11 is 1.91. The first-order valence-corrected chi connectivity index (χ1v) is 12.2. The molecule has 2 aromatic heterocycles. The zero-order chi connectivity index (χ0) is 24.5. The monoisotopic (exact) mass is 499 g/mol. The topological polar surface area (TPSA) is 100 Å². The van der Waals surface area contributed by atoms with E-state index in [1.54, 1.807) is 0 Å². The molecule has 2 N–H and O–H groups in total. The van der Waals surface area contributed by atoms with Gasteiger partial charge >= 0.3 is 12.1 Å². The Morgan fingerprint density at radius 1 is 1.21 bits per heavy atom. The van der Waals surface area contributed by atoms with E-state index in [9.17, 15) is 18.0 Å². The Morgan fingerprint density at radius 2 is 1.88 bits per heavy atom. The van der Waals surface area contributed by atoms with Crippen LogP contribution >= 0.6 is 11.3 Å². The highest BCUT2D eigenvalue weighted by atomic mass is 32.1. The summed E-state index contributed by atoms with van der Waals surface area (Å²) in [5.74, 6) is -1.29. The van der Waals surface area contributed by atoms with Gasteiger partial charge in [-0.1, -0.05) is 0 Å². The molecule has 0 aromatic carbocycles. The lowest BCUT2D eigenvalue weighted by atomic mass is 9.73. The number of halogens is 3. The average molecular weight is 500 g/mol. The van der Waals surface area contributed by atoms with Gasteiger partial charge in [0.05, 0.1) is 0 Å². The summed E-state index contributed by atoms with van der Waals surface area (Å²) in [6.07, 6.45) is 1.60. The summed E-state index contributed by atoms with van der Waals surface area (Å²) in [4.78, 5) is 26.8. The van der Waals surface area contributed by atoms with E-state index in [2.05, 4.69) is 44.0 Å². The van der Waals surface area contributed by atoms with Crippen LogP contribution in [0.25, 0.3) is 0 Å². The van der Waals surface area contributed by atoms with E-state index < -0.39 is 12.1 Å². The smallest absolute Gasteiger partial charge is 0.475 e. The highest BCUT2D eigenvalue weighted by Crippen LogP contribution is 2.41. The van der Waals surface area contributed by atoms with E-state index in [-0.39, 0.29) is 5.91 Å². The van der Waals surface area contributed by atoms with Crippen LogP contribution in [0.1, 0.15) is 58.3 Å². The number of rotatable bonds is 4. The van der Waals surface area contributed by atoms with Gasteiger partial charge in [-0.15, -0.1) is 21.5 Å². The van der Waals surface area contributed by atoms with Crippen LogP contribution in [0.4, 0.5) is 13.2 Å². The summed E-state index contributed by atoms with van der Waals surface area (Å²) in [6, 6.07) is 4.83. The zero-order valence-electron chi connectivity index (χ0n) is 18.9. The number of nitrogens with one attached hydrogen (secondary N) is 1. The number of nitrogens with zero attached hydrogens (tertiary/aromatic N) is 4. The number of aromatic nitrogens is 3. The number of amides is 1. The molecule has 0 atom stereocenters. The van der Waals surface area contributed by atoms with Gasteiger partial charge in [0, 0.05) is 35.3 Å². The van der Waals surface area contributed by atoms with Crippen molar-refractivity contribution in [2.24, 2.45) is 5.41 Å². The zero-order valence-corrected chi connectivity index (χ0v) is 19.7. The van der Waals surface area contributed by atoms with Crippen molar-refractivity contribution in [2.45, 2.75) is 70.8 Å². The third-order valence-corrected chi connectivity index (χ3v) is 7.64. The van der Waals surface area contributed by atoms with E-state index in [0.717, 1.165) is 51.3 Å². The van der Waals surface area contributed by atoms with Gasteiger partial charge in [-0.25, -0.2) is 4.79 Å². The largest absolute Gasteiger partial charge is 0.490 e. The number of hydrogen-bond donors (Lipinski definition) is 2. The van der Waals surface area contributed by atoms with E-state index >= 15 is 0 Å². The molecule has 12 heteroatoms. The predicted molar refractivity (Wildman–Crippen MR) is 119 cm³/mol. The molecule has 1 saturated heterocycles. The molecule has 3 aliphatic rings. The Morgan fingerprint density at radius 3 is 2.44 bits per heavy atom. The first kappa shape index (κ1) is 24.6. The maximum Gasteiger partial charge on any atom is 0.490 e. The lowest BCUT2D eigenvalue weighted by Crippen LogP contribution is -2.44. The number of alkyl halides is 3. The normalized spacial score (nSPS) is 19.8. The molecule has 2 aromatic rings. The van der Waals surface area contributed by atoms with Gasteiger partial charge in [0.2, 0.25) is 5.82 Å². The summed E-state index contributed by atoms with van der Waals surface area (Å²) < 4.78 is 33.8. The first-order valence-electron chi connectivity index (χ1n) is 11.4. The van der Waals surface area contributed by atoms with Crippen molar-refractivity contribution in [1.82, 2.24) is 25.0 Å². The number of carbonyl (C=O) groups excluding carboxylic acids is 1. The SMILES string of the molecule is Cc1ccc(CN2CCC3(CCc4nnc(C(=O)NC5CC5)n4C3)CC2)s1.O=C(O)C(F)(F)F. The number of carboxylic acids is 1. The molecule has 4 heterocycles. The minimum absolute atomic E-state index is 0.0428. The van der Waals surface area contributed by atoms with Crippen molar-refractivity contribution in [2.75, 3.05) is 13.1 Å². The van der Waals surface area contributed by atoms with Gasteiger partial charge in [0.1, 0.15) is 5.82 Å². The number of likely N-dealkylation sites (tertiary alicyclic amines) is 1. The maximum atomic E-state index is 12.5. The minimum atomic E-state index is -5.08. The lowest BCUT2D eigenvalue weighted by Gasteiger charge is -2.44. The molecule has 0 bridgehead atoms. The number of hydrogen-bond acceptors (Lipinski definition) is 6. The third-order valence-electron chi connectivity index (χ3n) is 6.65. The first-order chi connectivity index (χ1) is 16.0. The van der Waals surface area contributed by atoms with Gasteiger partial charge in [0.15, 0.2) is 0 Å². The average Bonchev–Trinajstić information content (AvgIpc) is 3.34. The molecular formula is C22H28F3N5O3S. The third kappa shape index (κ3) is 5.96. The van der Waals surface area contributed by atoms with Gasteiger partial charge < -0.3 is 15.0 Å². The van der Waals surface area contributed by atoms with Crippen LogP contribution in [0.2, 0.25) is 0 Å². The lowest BCUT2D eigenvalue weighted by molar-refractivity contribution is -0.192. The molecule has 34 heavy (non-hydrogen) atoms. The second-order valence-electron chi connectivity index (χ2n) is 9.37. The van der Waals surface area contributed by atoms with Crippen LogP contribution in [0.3, 0.4) is 0 Å². The number of thiophene rings is 1. The fraction of sp³-hybridized carbons (Fsp3) is 0.636. The molecule has 0 unspecified atom stereocenters. The second kappa shape index (κ2) is 9.65. The molecule has 2 aliphatic heterocycles. The Hall–Kier alpha value is -2.47. The van der Waals surface area contributed by atoms with Crippen LogP contribution in [-0.2, 0) is 24.3 Å². The Labute approximate surface area is 199 Å². The number of fused-ring (bicyclic) bond motifs is 1. The van der Waals surface area contributed by atoms with Crippen LogP contribution in [0, 0.1) is 12.3 Å². The van der Waals surface area contributed by atoms with E-state index in [4.69, 9.17) is 9.90 Å². The van der Waals surface area contributed by atoms with Gasteiger partial charge in [0.25, 0.3) is 5.91 Å². The number of aliphatic carboxylic acids is 1. The molecule has 1 amide bonds. The fourth-order valence-electron chi connectivity index (χ4n) is 4.51. The fourth-order valence-corrected chi connectivity index (χ4v) is 5.44. The van der Waals surface area contributed by atoms with Crippen molar-refractivity contribution < 1.29 is 27.9 Å². The highest BCUT2D eigenvalue weighted by molar-refractivity contribution is 7.11. The Bertz CT molecular complexity index is 1040. The molecule has 1 spiro atoms. The van der Waals surface area contributed by atoms with Crippen molar-refractivity contribution in [3.05, 3.63) is 33.5 Å². The number of carbonyl (C=O) groups is 2. The molecule has 186 valence electrons. The van der Waals surface area contributed by atoms with Crippen molar-refractivity contribution >= 4 is 23.2 Å². The molecule has 2 fully saturated rings. The summed E-state index contributed by atoms with van der Waals surface area (Å²) in [5, 5.41) is 18.7. The maximum absolute atomic E-state index is 12.5. The minimum Gasteiger partial charge on any atom is -0.475 e. The van der Waals surface area contributed by atoms with Crippen LogP contribution in [0.15, 0.2) is 12.1 Å². The second-order valence-corrected chi connectivity index (χ2v) is 10.7. The van der Waals surface area contributed by atoms with Crippen molar-refractivity contribution in [3.63, 3.8) is 0 Å². The highest BCUT2D eigenvalue weighted by Gasteiger charge is 2.40. The molecule has 1 saturated carbocycles. The molecule has 8 nitrogen and oxygen atoms in total. The summed E-state index contributed by atoms with van der Waals surface area (Å²) in [7, 11) is 0. The quantitative estimate of drug-likeness (QED) is 0.669. The predicted octanol–water partition coefficient (Wildman–Crippen LogP) is 3.40. The standard InChI is InChI=1S/C20H27N5OS.C2HF3O2/c1-14-2-5-16(27-14)12-24-10-8-20(9-11-24)7-6-17-22-23-18(25(17)13-20)19(26)21-15-3-4-15;3-2(4,5)1(6)7/h2,5,15H,3-4,6-13H2,1H3,(H,21,26);(H,6,7). The summed E-state index contributed by atoms with van der Waals surface area (Å²) in [6.45, 7) is 6.42. The molecule has 0 radical (unpaired) electrons. The van der Waals surface area contributed by atoms with Crippen molar-refractivity contribution in [3.8, 4) is 0 Å². The Balaban J connectivity index is 0.000000344. The van der Waals surface area contributed by atoms with Crippen molar-refractivity contribution in [1.29, 1.82) is 0 Å². The number of aryl methyl sites for hydroxylation is 2. The van der Waals surface area contributed by atoms with Crippen LogP contribution in [0.5, 0.6) is 0 Å². The van der Waals surface area contributed by atoms with E-state index in [1.807, 2.05) is 11.3 Å². The number of piperidine rings is 1.